The topological polar surface area (TPSA) is 61.4 Å². The van der Waals surface area contributed by atoms with Crippen LogP contribution in [0.3, 0.4) is 0 Å². The monoisotopic (exact) mass is 323 g/mol. The molecule has 5 nitrogen and oxygen atoms in total. The van der Waals surface area contributed by atoms with E-state index in [1.54, 1.807) is 24.3 Å². The number of likely N-dealkylation sites (tertiary alicyclic amines) is 1. The lowest BCUT2D eigenvalue weighted by Gasteiger charge is -2.26. The van der Waals surface area contributed by atoms with Crippen molar-refractivity contribution in [3.05, 3.63) is 29.3 Å². The van der Waals surface area contributed by atoms with Crippen molar-refractivity contribution >= 4 is 29.2 Å². The number of nitrogens with zero attached hydrogens (tertiary/aromatic N) is 1. The van der Waals surface area contributed by atoms with Gasteiger partial charge in [0.1, 0.15) is 6.04 Å². The summed E-state index contributed by atoms with van der Waals surface area (Å²) in [7, 11) is 0. The van der Waals surface area contributed by atoms with Gasteiger partial charge >= 0.3 is 6.03 Å². The Bertz CT molecular complexity index is 525. The molecule has 6 heteroatoms. The quantitative estimate of drug-likeness (QED) is 0.894. The highest BCUT2D eigenvalue weighted by molar-refractivity contribution is 6.30. The highest BCUT2D eigenvalue weighted by Crippen LogP contribution is 2.15. The summed E-state index contributed by atoms with van der Waals surface area (Å²) in [4.78, 5) is 26.4. The van der Waals surface area contributed by atoms with Crippen molar-refractivity contribution in [2.24, 2.45) is 5.92 Å². The fourth-order valence-electron chi connectivity index (χ4n) is 2.49. The number of nitrogens with one attached hydrogen (secondary N) is 2. The first-order valence-corrected chi connectivity index (χ1v) is 7.97. The summed E-state index contributed by atoms with van der Waals surface area (Å²) in [6.45, 7) is 5.42. The van der Waals surface area contributed by atoms with Gasteiger partial charge in [-0.25, -0.2) is 4.79 Å². The van der Waals surface area contributed by atoms with Gasteiger partial charge in [0.05, 0.1) is 0 Å². The summed E-state index contributed by atoms with van der Waals surface area (Å²) in [6.07, 6.45) is 2.07. The highest BCUT2D eigenvalue weighted by atomic mass is 35.5. The Kier molecular flexibility index (Phi) is 5.66. The van der Waals surface area contributed by atoms with Crippen LogP contribution in [0.4, 0.5) is 10.5 Å². The summed E-state index contributed by atoms with van der Waals surface area (Å²) >= 11 is 5.81. The molecule has 1 aromatic rings. The third-order valence-electron chi connectivity index (χ3n) is 3.74. The molecule has 120 valence electrons. The molecule has 1 fully saturated rings. The fourth-order valence-corrected chi connectivity index (χ4v) is 2.62. The second kappa shape index (κ2) is 7.49. The van der Waals surface area contributed by atoms with E-state index in [4.69, 9.17) is 11.6 Å². The molecule has 1 atom stereocenters. The van der Waals surface area contributed by atoms with E-state index in [1.807, 2.05) is 18.7 Å². The molecule has 0 unspecified atom stereocenters. The van der Waals surface area contributed by atoms with Gasteiger partial charge < -0.3 is 15.5 Å². The predicted molar refractivity (Wildman–Crippen MR) is 88.0 cm³/mol. The van der Waals surface area contributed by atoms with Crippen LogP contribution in [0.5, 0.6) is 0 Å². The van der Waals surface area contributed by atoms with Gasteiger partial charge in [0.25, 0.3) is 0 Å². The fraction of sp³-hybridized carbons (Fsp3) is 0.500. The van der Waals surface area contributed by atoms with Crippen molar-refractivity contribution in [3.63, 3.8) is 0 Å². The minimum absolute atomic E-state index is 0.00115. The second-order valence-corrected chi connectivity index (χ2v) is 6.30. The molecule has 0 radical (unpaired) electrons. The van der Waals surface area contributed by atoms with Crippen LogP contribution in [0.25, 0.3) is 0 Å². The summed E-state index contributed by atoms with van der Waals surface area (Å²) in [5.74, 6) is 0.0304. The molecule has 1 aliphatic heterocycles. The Balaban J connectivity index is 1.96. The van der Waals surface area contributed by atoms with Gasteiger partial charge in [-0.05, 0) is 43.0 Å². The maximum atomic E-state index is 12.5. The van der Waals surface area contributed by atoms with Crippen LogP contribution in [0.1, 0.15) is 26.7 Å². The molecule has 1 heterocycles. The average Bonchev–Trinajstić information content (AvgIpc) is 3.00. The number of amides is 3. The number of hydrogen-bond acceptors (Lipinski definition) is 2. The summed E-state index contributed by atoms with van der Waals surface area (Å²) < 4.78 is 0. The molecule has 3 amide bonds. The zero-order valence-corrected chi connectivity index (χ0v) is 13.7. The first-order valence-electron chi connectivity index (χ1n) is 7.59. The predicted octanol–water partition coefficient (Wildman–Crippen LogP) is 3.11. The minimum Gasteiger partial charge on any atom is -0.341 e. The summed E-state index contributed by atoms with van der Waals surface area (Å²) in [5.41, 5.74) is 0.637. The van der Waals surface area contributed by atoms with Crippen LogP contribution in [0.15, 0.2) is 24.3 Å². The van der Waals surface area contributed by atoms with Gasteiger partial charge in [0.2, 0.25) is 5.91 Å². The SMILES string of the molecule is CC(C)[C@@H](NC(=O)Nc1ccc(Cl)cc1)C(=O)N1CCCC1. The molecule has 1 aromatic carbocycles. The zero-order valence-electron chi connectivity index (χ0n) is 12.9. The van der Waals surface area contributed by atoms with Gasteiger partial charge in [-0.3, -0.25) is 4.79 Å². The number of benzene rings is 1. The van der Waals surface area contributed by atoms with Gasteiger partial charge in [0.15, 0.2) is 0 Å². The molecular formula is C16H22ClN3O2. The van der Waals surface area contributed by atoms with E-state index in [9.17, 15) is 9.59 Å². The lowest BCUT2D eigenvalue weighted by Crippen LogP contribution is -2.51. The van der Waals surface area contributed by atoms with E-state index in [1.165, 1.54) is 0 Å². The van der Waals surface area contributed by atoms with Crippen LogP contribution >= 0.6 is 11.6 Å². The summed E-state index contributed by atoms with van der Waals surface area (Å²) in [6, 6.07) is 5.95. The van der Waals surface area contributed by atoms with Crippen molar-refractivity contribution < 1.29 is 9.59 Å². The van der Waals surface area contributed by atoms with Crippen molar-refractivity contribution in [2.45, 2.75) is 32.7 Å². The third kappa shape index (κ3) is 4.37. The maximum absolute atomic E-state index is 12.5. The number of halogens is 1. The largest absolute Gasteiger partial charge is 0.341 e. The Hall–Kier alpha value is -1.75. The maximum Gasteiger partial charge on any atom is 0.319 e. The molecular weight excluding hydrogens is 302 g/mol. The van der Waals surface area contributed by atoms with Gasteiger partial charge in [0, 0.05) is 23.8 Å². The molecule has 2 rings (SSSR count). The van der Waals surface area contributed by atoms with Crippen LogP contribution in [-0.2, 0) is 4.79 Å². The first-order chi connectivity index (χ1) is 10.5. The normalized spacial score (nSPS) is 15.7. The van der Waals surface area contributed by atoms with Crippen molar-refractivity contribution in [1.82, 2.24) is 10.2 Å². The number of carbonyl (C=O) groups is 2. The molecule has 0 bridgehead atoms. The highest BCUT2D eigenvalue weighted by Gasteiger charge is 2.29. The molecule has 22 heavy (non-hydrogen) atoms. The second-order valence-electron chi connectivity index (χ2n) is 5.86. The molecule has 2 N–H and O–H groups in total. The zero-order chi connectivity index (χ0) is 16.1. The van der Waals surface area contributed by atoms with E-state index >= 15 is 0 Å². The molecule has 1 saturated heterocycles. The van der Waals surface area contributed by atoms with Crippen molar-refractivity contribution in [1.29, 1.82) is 0 Å². The molecule has 1 aliphatic rings. The van der Waals surface area contributed by atoms with Gasteiger partial charge in [-0.1, -0.05) is 25.4 Å². The van der Waals surface area contributed by atoms with Crippen LogP contribution in [0, 0.1) is 5.92 Å². The summed E-state index contributed by atoms with van der Waals surface area (Å²) in [5, 5.41) is 6.11. The average molecular weight is 324 g/mol. The van der Waals surface area contributed by atoms with Gasteiger partial charge in [-0.15, -0.1) is 0 Å². The van der Waals surface area contributed by atoms with Crippen LogP contribution < -0.4 is 10.6 Å². The Morgan fingerprint density at radius 3 is 2.27 bits per heavy atom. The van der Waals surface area contributed by atoms with E-state index < -0.39 is 6.04 Å². The first kappa shape index (κ1) is 16.6. The van der Waals surface area contributed by atoms with Gasteiger partial charge in [-0.2, -0.15) is 0 Å². The van der Waals surface area contributed by atoms with E-state index in [0.717, 1.165) is 25.9 Å². The Morgan fingerprint density at radius 2 is 1.73 bits per heavy atom. The number of urea groups is 1. The smallest absolute Gasteiger partial charge is 0.319 e. The number of anilines is 1. The Labute approximate surface area is 136 Å². The molecule has 0 aliphatic carbocycles. The van der Waals surface area contributed by atoms with Crippen LogP contribution in [-0.4, -0.2) is 36.0 Å². The van der Waals surface area contributed by atoms with E-state index in [-0.39, 0.29) is 17.9 Å². The standard InChI is InChI=1S/C16H22ClN3O2/c1-11(2)14(15(21)20-9-3-4-10-20)19-16(22)18-13-7-5-12(17)6-8-13/h5-8,11,14H,3-4,9-10H2,1-2H3,(H2,18,19,22)/t14-/m1/s1. The van der Waals surface area contributed by atoms with E-state index in [2.05, 4.69) is 10.6 Å². The molecule has 0 aromatic heterocycles. The lowest BCUT2D eigenvalue weighted by atomic mass is 10.0. The Morgan fingerprint density at radius 1 is 1.14 bits per heavy atom. The molecule has 0 spiro atoms. The lowest BCUT2D eigenvalue weighted by molar-refractivity contribution is -0.133. The van der Waals surface area contributed by atoms with Crippen molar-refractivity contribution in [3.8, 4) is 0 Å². The number of rotatable bonds is 4. The van der Waals surface area contributed by atoms with Crippen LogP contribution in [0.2, 0.25) is 5.02 Å². The van der Waals surface area contributed by atoms with Crippen molar-refractivity contribution in [2.75, 3.05) is 18.4 Å². The minimum atomic E-state index is -0.509. The third-order valence-corrected chi connectivity index (χ3v) is 3.99. The number of hydrogen-bond donors (Lipinski definition) is 2. The molecule has 0 saturated carbocycles. The number of carbonyl (C=O) groups excluding carboxylic acids is 2. The van der Waals surface area contributed by atoms with E-state index in [0.29, 0.717) is 10.7 Å².